The fraction of sp³-hybridized carbons (Fsp3) is 0.250. The molecule has 0 atom stereocenters. The van der Waals surface area contributed by atoms with E-state index in [1.807, 2.05) is 18.2 Å². The second kappa shape index (κ2) is 6.37. The molecule has 0 saturated carbocycles. The zero-order valence-corrected chi connectivity index (χ0v) is 11.9. The fourth-order valence-electron chi connectivity index (χ4n) is 2.40. The molecule has 1 heterocycles. The average Bonchev–Trinajstić information content (AvgIpc) is 3.04. The van der Waals surface area contributed by atoms with Crippen molar-refractivity contribution < 1.29 is 9.26 Å². The SMILES string of the molecule is COc1ccc2ccccc2c1CNCCc1ncno1. The van der Waals surface area contributed by atoms with Gasteiger partial charge in [0.2, 0.25) is 5.89 Å². The Kier molecular flexibility index (Phi) is 4.12. The molecule has 3 aromatic rings. The largest absolute Gasteiger partial charge is 0.496 e. The van der Waals surface area contributed by atoms with Gasteiger partial charge in [-0.05, 0) is 16.8 Å². The number of fused-ring (bicyclic) bond motifs is 1. The number of rotatable bonds is 6. The number of methoxy groups -OCH3 is 1. The van der Waals surface area contributed by atoms with Gasteiger partial charge in [-0.1, -0.05) is 35.5 Å². The maximum Gasteiger partial charge on any atom is 0.227 e. The highest BCUT2D eigenvalue weighted by atomic mass is 16.5. The van der Waals surface area contributed by atoms with Gasteiger partial charge in [0, 0.05) is 25.1 Å². The molecule has 1 aromatic heterocycles. The standard InChI is InChI=1S/C16H17N3O2/c1-20-15-7-6-12-4-2-3-5-13(12)14(15)10-17-9-8-16-18-11-19-21-16/h2-7,11,17H,8-10H2,1H3. The van der Waals surface area contributed by atoms with E-state index < -0.39 is 0 Å². The van der Waals surface area contributed by atoms with Crippen molar-refractivity contribution in [3.05, 3.63) is 54.2 Å². The Morgan fingerprint density at radius 3 is 2.90 bits per heavy atom. The Hall–Kier alpha value is -2.40. The highest BCUT2D eigenvalue weighted by Crippen LogP contribution is 2.27. The van der Waals surface area contributed by atoms with Crippen molar-refractivity contribution in [1.82, 2.24) is 15.5 Å². The summed E-state index contributed by atoms with van der Waals surface area (Å²) in [6, 6.07) is 12.4. The lowest BCUT2D eigenvalue weighted by atomic mass is 10.0. The van der Waals surface area contributed by atoms with Crippen molar-refractivity contribution in [1.29, 1.82) is 0 Å². The molecule has 108 valence electrons. The number of benzene rings is 2. The van der Waals surface area contributed by atoms with Crippen LogP contribution in [0.3, 0.4) is 0 Å². The van der Waals surface area contributed by atoms with E-state index in [-0.39, 0.29) is 0 Å². The Labute approximate surface area is 122 Å². The Balaban J connectivity index is 1.72. The van der Waals surface area contributed by atoms with Crippen molar-refractivity contribution in [2.24, 2.45) is 0 Å². The van der Waals surface area contributed by atoms with Gasteiger partial charge in [-0.25, -0.2) is 0 Å². The van der Waals surface area contributed by atoms with Crippen LogP contribution in [0.15, 0.2) is 47.2 Å². The van der Waals surface area contributed by atoms with Crippen LogP contribution in [0.25, 0.3) is 10.8 Å². The van der Waals surface area contributed by atoms with Gasteiger partial charge in [0.25, 0.3) is 0 Å². The summed E-state index contributed by atoms with van der Waals surface area (Å²) in [5, 5.41) is 9.42. The van der Waals surface area contributed by atoms with E-state index >= 15 is 0 Å². The van der Waals surface area contributed by atoms with E-state index in [4.69, 9.17) is 9.26 Å². The normalized spacial score (nSPS) is 10.9. The molecule has 0 unspecified atom stereocenters. The van der Waals surface area contributed by atoms with E-state index in [1.54, 1.807) is 7.11 Å². The molecule has 0 bridgehead atoms. The van der Waals surface area contributed by atoms with Gasteiger partial charge in [-0.3, -0.25) is 0 Å². The van der Waals surface area contributed by atoms with Gasteiger partial charge >= 0.3 is 0 Å². The summed E-state index contributed by atoms with van der Waals surface area (Å²) in [5.41, 5.74) is 1.17. The molecular weight excluding hydrogens is 266 g/mol. The van der Waals surface area contributed by atoms with Gasteiger partial charge in [-0.15, -0.1) is 0 Å². The maximum absolute atomic E-state index is 5.48. The smallest absolute Gasteiger partial charge is 0.227 e. The van der Waals surface area contributed by atoms with Gasteiger partial charge in [0.05, 0.1) is 7.11 Å². The molecule has 0 fully saturated rings. The van der Waals surface area contributed by atoms with Crippen LogP contribution >= 0.6 is 0 Å². The zero-order chi connectivity index (χ0) is 14.5. The van der Waals surface area contributed by atoms with E-state index in [2.05, 4.69) is 33.7 Å². The molecule has 0 radical (unpaired) electrons. The predicted octanol–water partition coefficient (Wildman–Crippen LogP) is 2.56. The van der Waals surface area contributed by atoms with Gasteiger partial charge in [-0.2, -0.15) is 4.98 Å². The molecule has 21 heavy (non-hydrogen) atoms. The van der Waals surface area contributed by atoms with Crippen LogP contribution in [0.5, 0.6) is 5.75 Å². The summed E-state index contributed by atoms with van der Waals surface area (Å²) in [7, 11) is 1.70. The Morgan fingerprint density at radius 2 is 2.10 bits per heavy atom. The van der Waals surface area contributed by atoms with Crippen molar-refractivity contribution in [3.63, 3.8) is 0 Å². The highest BCUT2D eigenvalue weighted by molar-refractivity contribution is 5.87. The average molecular weight is 283 g/mol. The van der Waals surface area contributed by atoms with Gasteiger partial charge in [0.1, 0.15) is 5.75 Å². The van der Waals surface area contributed by atoms with Crippen molar-refractivity contribution in [2.45, 2.75) is 13.0 Å². The topological polar surface area (TPSA) is 60.2 Å². The minimum absolute atomic E-state index is 0.646. The van der Waals surface area contributed by atoms with Crippen LogP contribution in [-0.4, -0.2) is 23.8 Å². The number of hydrogen-bond acceptors (Lipinski definition) is 5. The second-order valence-corrected chi connectivity index (χ2v) is 4.73. The number of hydrogen-bond donors (Lipinski definition) is 1. The monoisotopic (exact) mass is 283 g/mol. The van der Waals surface area contributed by atoms with Crippen molar-refractivity contribution >= 4 is 10.8 Å². The van der Waals surface area contributed by atoms with Crippen molar-refractivity contribution in [2.75, 3.05) is 13.7 Å². The summed E-state index contributed by atoms with van der Waals surface area (Å²) in [5.74, 6) is 1.55. The quantitative estimate of drug-likeness (QED) is 0.704. The molecule has 0 aliphatic carbocycles. The van der Waals surface area contributed by atoms with E-state index in [0.717, 1.165) is 18.8 Å². The highest BCUT2D eigenvalue weighted by Gasteiger charge is 2.08. The maximum atomic E-state index is 5.48. The summed E-state index contributed by atoms with van der Waals surface area (Å²) >= 11 is 0. The lowest BCUT2D eigenvalue weighted by Crippen LogP contribution is -2.17. The Bertz CT molecular complexity index is 711. The molecule has 1 N–H and O–H groups in total. The first-order valence-electron chi connectivity index (χ1n) is 6.89. The van der Waals surface area contributed by atoms with Crippen LogP contribution in [-0.2, 0) is 13.0 Å². The summed E-state index contributed by atoms with van der Waals surface area (Å²) in [6.07, 6.45) is 2.14. The second-order valence-electron chi connectivity index (χ2n) is 4.73. The number of aromatic nitrogens is 2. The zero-order valence-electron chi connectivity index (χ0n) is 11.9. The fourth-order valence-corrected chi connectivity index (χ4v) is 2.40. The molecule has 3 rings (SSSR count). The van der Waals surface area contributed by atoms with Gasteiger partial charge in [0.15, 0.2) is 6.33 Å². The van der Waals surface area contributed by atoms with Crippen LogP contribution in [0.2, 0.25) is 0 Å². The first-order valence-corrected chi connectivity index (χ1v) is 6.89. The molecule has 0 aliphatic heterocycles. The van der Waals surface area contributed by atoms with E-state index in [9.17, 15) is 0 Å². The molecule has 0 spiro atoms. The van der Waals surface area contributed by atoms with Crippen LogP contribution in [0.1, 0.15) is 11.5 Å². The number of nitrogens with one attached hydrogen (secondary N) is 1. The summed E-state index contributed by atoms with van der Waals surface area (Å²) < 4.78 is 10.5. The summed E-state index contributed by atoms with van der Waals surface area (Å²) in [6.45, 7) is 1.51. The minimum Gasteiger partial charge on any atom is -0.496 e. The van der Waals surface area contributed by atoms with Crippen LogP contribution < -0.4 is 10.1 Å². The third-order valence-corrected chi connectivity index (χ3v) is 3.44. The molecule has 0 aliphatic rings. The first kappa shape index (κ1) is 13.6. The minimum atomic E-state index is 0.646. The van der Waals surface area contributed by atoms with Crippen molar-refractivity contribution in [3.8, 4) is 5.75 Å². The van der Waals surface area contributed by atoms with E-state index in [1.165, 1.54) is 22.7 Å². The predicted molar refractivity (Wildman–Crippen MR) is 80.2 cm³/mol. The third-order valence-electron chi connectivity index (χ3n) is 3.44. The summed E-state index contributed by atoms with van der Waals surface area (Å²) in [4.78, 5) is 4.00. The molecule has 5 nitrogen and oxygen atoms in total. The van der Waals surface area contributed by atoms with E-state index in [0.29, 0.717) is 12.3 Å². The lowest BCUT2D eigenvalue weighted by Gasteiger charge is -2.12. The van der Waals surface area contributed by atoms with Gasteiger partial charge < -0.3 is 14.6 Å². The van der Waals surface area contributed by atoms with Crippen LogP contribution in [0.4, 0.5) is 0 Å². The molecule has 0 saturated heterocycles. The third kappa shape index (κ3) is 3.03. The molecular formula is C16H17N3O2. The molecule has 0 amide bonds. The number of ether oxygens (including phenoxy) is 1. The molecule has 2 aromatic carbocycles. The lowest BCUT2D eigenvalue weighted by molar-refractivity contribution is 0.374. The number of nitrogens with zero attached hydrogens (tertiary/aromatic N) is 2. The first-order chi connectivity index (χ1) is 10.4. The molecule has 5 heteroatoms. The van der Waals surface area contributed by atoms with Crippen LogP contribution in [0, 0.1) is 0 Å². The Morgan fingerprint density at radius 1 is 1.19 bits per heavy atom.